The molecule has 0 unspecified atom stereocenters. The third kappa shape index (κ3) is 5.45. The predicted octanol–water partition coefficient (Wildman–Crippen LogP) is 1.25. The second-order valence-electron chi connectivity index (χ2n) is 6.74. The lowest BCUT2D eigenvalue weighted by Gasteiger charge is -2.31. The lowest BCUT2D eigenvalue weighted by molar-refractivity contribution is -0.364. The maximum absolute atomic E-state index is 12.4. The Morgan fingerprint density at radius 2 is 1.89 bits per heavy atom. The summed E-state index contributed by atoms with van der Waals surface area (Å²) in [5.74, 6) is 1.74. The fourth-order valence-corrected chi connectivity index (χ4v) is 3.23. The van der Waals surface area contributed by atoms with Crippen LogP contribution in [-0.4, -0.2) is 50.0 Å². The molecule has 28 heavy (non-hydrogen) atoms. The lowest BCUT2D eigenvalue weighted by atomic mass is 10.2. The SMILES string of the molecule is COc1cccc(CNC(=O)CCC(=O)N2CCN(c3cccc[nH+]3)CC2)c1. The molecule has 0 bridgehead atoms. The number of ether oxygens (including phenoxy) is 1. The maximum Gasteiger partial charge on any atom is 0.274 e. The molecule has 1 fully saturated rings. The zero-order chi connectivity index (χ0) is 19.8. The quantitative estimate of drug-likeness (QED) is 0.781. The molecular weight excluding hydrogens is 356 g/mol. The Kier molecular flexibility index (Phi) is 6.84. The lowest BCUT2D eigenvalue weighted by Crippen LogP contribution is -2.50. The summed E-state index contributed by atoms with van der Waals surface area (Å²) in [6.07, 6.45) is 2.34. The third-order valence-electron chi connectivity index (χ3n) is 4.86. The van der Waals surface area contributed by atoms with Crippen LogP contribution in [0, 0.1) is 0 Å². The van der Waals surface area contributed by atoms with Gasteiger partial charge in [-0.1, -0.05) is 18.2 Å². The number of nitrogens with zero attached hydrogens (tertiary/aromatic N) is 2. The van der Waals surface area contributed by atoms with Gasteiger partial charge in [0, 0.05) is 25.5 Å². The monoisotopic (exact) mass is 383 g/mol. The van der Waals surface area contributed by atoms with Gasteiger partial charge in [0.15, 0.2) is 0 Å². The number of aromatic amines is 1. The molecule has 0 radical (unpaired) electrons. The third-order valence-corrected chi connectivity index (χ3v) is 4.86. The molecule has 7 heteroatoms. The van der Waals surface area contributed by atoms with Gasteiger partial charge in [-0.15, -0.1) is 0 Å². The minimum atomic E-state index is -0.117. The molecule has 2 N–H and O–H groups in total. The van der Waals surface area contributed by atoms with Crippen LogP contribution in [0.4, 0.5) is 5.82 Å². The van der Waals surface area contributed by atoms with Gasteiger partial charge < -0.3 is 15.0 Å². The van der Waals surface area contributed by atoms with Gasteiger partial charge in [0.2, 0.25) is 11.8 Å². The molecule has 3 rings (SSSR count). The molecule has 0 spiro atoms. The Bertz CT molecular complexity index is 789. The number of hydrogen-bond acceptors (Lipinski definition) is 4. The Balaban J connectivity index is 1.37. The molecule has 1 aliphatic rings. The topological polar surface area (TPSA) is 76.0 Å². The molecule has 0 aliphatic carbocycles. The number of methoxy groups -OCH3 is 1. The molecule has 148 valence electrons. The fourth-order valence-electron chi connectivity index (χ4n) is 3.23. The highest BCUT2D eigenvalue weighted by molar-refractivity contribution is 5.83. The van der Waals surface area contributed by atoms with E-state index < -0.39 is 0 Å². The standard InChI is InChI=1S/C21H26N4O3/c1-28-18-6-4-5-17(15-18)16-23-20(26)8-9-21(27)25-13-11-24(12-14-25)19-7-2-3-10-22-19/h2-7,10,15H,8-9,11-14,16H2,1H3,(H,23,26)/p+1. The number of hydrogen-bond donors (Lipinski definition) is 1. The number of aromatic nitrogens is 1. The van der Waals surface area contributed by atoms with Gasteiger partial charge in [-0.05, 0) is 23.8 Å². The van der Waals surface area contributed by atoms with Crippen molar-refractivity contribution in [3.8, 4) is 5.75 Å². The number of rotatable bonds is 7. The normalized spacial score (nSPS) is 13.9. The number of benzene rings is 1. The summed E-state index contributed by atoms with van der Waals surface area (Å²) in [4.78, 5) is 31.8. The number of nitrogens with one attached hydrogen (secondary N) is 2. The van der Waals surface area contributed by atoms with Crippen molar-refractivity contribution in [3.63, 3.8) is 0 Å². The maximum atomic E-state index is 12.4. The molecule has 2 heterocycles. The van der Waals surface area contributed by atoms with Crippen LogP contribution in [0.3, 0.4) is 0 Å². The summed E-state index contributed by atoms with van der Waals surface area (Å²) in [6.45, 7) is 3.35. The smallest absolute Gasteiger partial charge is 0.274 e. The van der Waals surface area contributed by atoms with E-state index in [9.17, 15) is 9.59 Å². The number of H-pyrrole nitrogens is 1. The van der Waals surface area contributed by atoms with Crippen LogP contribution in [0.5, 0.6) is 5.75 Å². The first-order chi connectivity index (χ1) is 13.7. The zero-order valence-electron chi connectivity index (χ0n) is 16.2. The number of amides is 2. The van der Waals surface area contributed by atoms with Crippen molar-refractivity contribution in [1.29, 1.82) is 0 Å². The highest BCUT2D eigenvalue weighted by atomic mass is 16.5. The number of anilines is 1. The first-order valence-electron chi connectivity index (χ1n) is 9.55. The van der Waals surface area contributed by atoms with Crippen molar-refractivity contribution >= 4 is 17.6 Å². The first kappa shape index (κ1) is 19.7. The minimum absolute atomic E-state index is 0.0354. The van der Waals surface area contributed by atoms with Crippen molar-refractivity contribution in [2.45, 2.75) is 19.4 Å². The van der Waals surface area contributed by atoms with Crippen LogP contribution < -0.4 is 19.9 Å². The van der Waals surface area contributed by atoms with Gasteiger partial charge in [0.05, 0.1) is 26.4 Å². The number of piperazine rings is 1. The highest BCUT2D eigenvalue weighted by Crippen LogP contribution is 2.13. The Morgan fingerprint density at radius 1 is 1.07 bits per heavy atom. The summed E-state index contributed by atoms with van der Waals surface area (Å²) < 4.78 is 5.18. The van der Waals surface area contributed by atoms with Crippen molar-refractivity contribution in [2.24, 2.45) is 0 Å². The van der Waals surface area contributed by atoms with E-state index in [2.05, 4.69) is 15.2 Å². The summed E-state index contributed by atoms with van der Waals surface area (Å²) in [5, 5.41) is 2.86. The Labute approximate surface area is 165 Å². The van der Waals surface area contributed by atoms with Gasteiger partial charge in [-0.25, -0.2) is 4.98 Å². The van der Waals surface area contributed by atoms with Crippen LogP contribution in [0.2, 0.25) is 0 Å². The first-order valence-corrected chi connectivity index (χ1v) is 9.55. The fraction of sp³-hybridized carbons (Fsp3) is 0.381. The molecule has 1 saturated heterocycles. The van der Waals surface area contributed by atoms with E-state index in [0.29, 0.717) is 19.6 Å². The van der Waals surface area contributed by atoms with Crippen molar-refractivity contribution in [3.05, 3.63) is 54.2 Å². The van der Waals surface area contributed by atoms with Crippen LogP contribution in [0.15, 0.2) is 48.7 Å². The van der Waals surface area contributed by atoms with Gasteiger partial charge in [-0.3, -0.25) is 14.5 Å². The number of carbonyl (C=O) groups is 2. The molecule has 2 aromatic rings. The van der Waals surface area contributed by atoms with E-state index in [0.717, 1.165) is 30.2 Å². The van der Waals surface area contributed by atoms with Gasteiger partial charge >= 0.3 is 0 Å². The second-order valence-corrected chi connectivity index (χ2v) is 6.74. The average Bonchev–Trinajstić information content (AvgIpc) is 2.77. The Morgan fingerprint density at radius 3 is 2.61 bits per heavy atom. The van der Waals surface area contributed by atoms with Crippen LogP contribution >= 0.6 is 0 Å². The minimum Gasteiger partial charge on any atom is -0.497 e. The van der Waals surface area contributed by atoms with Crippen LogP contribution in [0.1, 0.15) is 18.4 Å². The average molecular weight is 383 g/mol. The van der Waals surface area contributed by atoms with Crippen molar-refractivity contribution < 1.29 is 19.3 Å². The summed E-state index contributed by atoms with van der Waals surface area (Å²) in [7, 11) is 1.61. The summed E-state index contributed by atoms with van der Waals surface area (Å²) >= 11 is 0. The van der Waals surface area contributed by atoms with Crippen LogP contribution in [0.25, 0.3) is 0 Å². The van der Waals surface area contributed by atoms with Gasteiger partial charge in [0.25, 0.3) is 5.82 Å². The number of pyridine rings is 1. The summed E-state index contributed by atoms with van der Waals surface area (Å²) in [5.41, 5.74) is 0.966. The Hall–Kier alpha value is -3.09. The van der Waals surface area contributed by atoms with Crippen molar-refractivity contribution in [1.82, 2.24) is 10.2 Å². The summed E-state index contributed by atoms with van der Waals surface area (Å²) in [6, 6.07) is 13.5. The van der Waals surface area contributed by atoms with E-state index in [-0.39, 0.29) is 24.7 Å². The molecule has 1 aromatic carbocycles. The molecular formula is C21H27N4O3+. The van der Waals surface area contributed by atoms with E-state index >= 15 is 0 Å². The molecule has 1 aliphatic heterocycles. The predicted molar refractivity (Wildman–Crippen MR) is 106 cm³/mol. The van der Waals surface area contributed by atoms with Crippen molar-refractivity contribution in [2.75, 3.05) is 38.2 Å². The molecule has 0 atom stereocenters. The molecule has 0 saturated carbocycles. The van der Waals surface area contributed by atoms with E-state index in [1.807, 2.05) is 53.6 Å². The largest absolute Gasteiger partial charge is 0.497 e. The second kappa shape index (κ2) is 9.73. The van der Waals surface area contributed by atoms with E-state index in [1.54, 1.807) is 7.11 Å². The molecule has 1 aromatic heterocycles. The highest BCUT2D eigenvalue weighted by Gasteiger charge is 2.26. The van der Waals surface area contributed by atoms with Gasteiger partial charge in [0.1, 0.15) is 18.8 Å². The zero-order valence-corrected chi connectivity index (χ0v) is 16.2. The number of carbonyl (C=O) groups excluding carboxylic acids is 2. The van der Waals surface area contributed by atoms with Crippen LogP contribution in [-0.2, 0) is 16.1 Å². The van der Waals surface area contributed by atoms with E-state index in [1.165, 1.54) is 0 Å². The van der Waals surface area contributed by atoms with Gasteiger partial charge in [-0.2, -0.15) is 0 Å². The molecule has 2 amide bonds. The van der Waals surface area contributed by atoms with E-state index in [4.69, 9.17) is 4.74 Å². The molecule has 7 nitrogen and oxygen atoms in total.